The molecule has 6 rings (SSSR count). The Balaban J connectivity index is 1.42. The summed E-state index contributed by atoms with van der Waals surface area (Å²) in [6.45, 7) is 0.0198. The van der Waals surface area contributed by atoms with Gasteiger partial charge in [0.15, 0.2) is 0 Å². The van der Waals surface area contributed by atoms with E-state index in [1.165, 1.54) is 4.90 Å². The van der Waals surface area contributed by atoms with Crippen molar-refractivity contribution in [3.05, 3.63) is 89.5 Å². The van der Waals surface area contributed by atoms with Gasteiger partial charge in [-0.1, -0.05) is 66.2 Å². The molecular formula is C33H34ClN3O7. The lowest BCUT2D eigenvalue weighted by atomic mass is 9.74. The second-order valence-corrected chi connectivity index (χ2v) is 11.8. The maximum atomic E-state index is 14.6. The average Bonchev–Trinajstić information content (AvgIpc) is 3.67. The maximum Gasteiger partial charge on any atom is 0.306 e. The summed E-state index contributed by atoms with van der Waals surface area (Å²) in [5, 5.41) is 13.2. The minimum absolute atomic E-state index is 0.0791. The topological polar surface area (TPSA) is 125 Å². The molecule has 0 saturated carbocycles. The number of allylic oxidation sites excluding steroid dienone is 1. The second kappa shape index (κ2) is 12.6. The predicted octanol–water partition coefficient (Wildman–Crippen LogP) is 2.96. The van der Waals surface area contributed by atoms with Crippen molar-refractivity contribution < 1.29 is 33.8 Å². The fraction of sp³-hybridized carbons (Fsp3) is 0.394. The number of hydrogen-bond acceptors (Lipinski definition) is 7. The first-order valence-corrected chi connectivity index (χ1v) is 15.2. The minimum Gasteiger partial charge on any atom is -0.463 e. The van der Waals surface area contributed by atoms with E-state index in [2.05, 4.69) is 5.32 Å². The van der Waals surface area contributed by atoms with Crippen LogP contribution in [-0.4, -0.2) is 77.7 Å². The standard InChI is InChI=1S/C33H34ClN3O7/c34-22-11-13-23(14-12-22)36-17-6-2-5-10-26(39)43-20-24(21-8-3-1-4-9-21)35-30(40)27-25-15-16-33(44-25)28(27)31(41)37(18-7-19-38)29(33)32(36)42/h1-4,6,8-9,11-16,24-25,27-29,38H,5,7,10,17-20H2,(H,35,40)/b6-2-/t24-,25-,27+,28+,29-,33+/m0/s1. The molecule has 11 heteroatoms. The fourth-order valence-electron chi connectivity index (χ4n) is 6.74. The van der Waals surface area contributed by atoms with Gasteiger partial charge >= 0.3 is 5.97 Å². The van der Waals surface area contributed by atoms with E-state index in [1.54, 1.807) is 47.4 Å². The molecule has 5 bridgehead atoms. The molecule has 0 aliphatic carbocycles. The molecule has 1 spiro atoms. The number of nitrogens with one attached hydrogen (secondary N) is 1. The van der Waals surface area contributed by atoms with Crippen LogP contribution in [0.2, 0.25) is 5.02 Å². The number of anilines is 1. The minimum atomic E-state index is -1.37. The van der Waals surface area contributed by atoms with E-state index in [-0.39, 0.29) is 51.0 Å². The molecule has 2 saturated heterocycles. The molecule has 6 atom stereocenters. The second-order valence-electron chi connectivity index (χ2n) is 11.4. The van der Waals surface area contributed by atoms with Crippen LogP contribution in [0.3, 0.4) is 0 Å². The van der Waals surface area contributed by atoms with Crippen LogP contribution in [0.25, 0.3) is 0 Å². The lowest BCUT2D eigenvalue weighted by molar-refractivity contribution is -0.145. The van der Waals surface area contributed by atoms with Crippen molar-refractivity contribution in [3.8, 4) is 0 Å². The van der Waals surface area contributed by atoms with Crippen molar-refractivity contribution >= 4 is 41.0 Å². The molecule has 0 unspecified atom stereocenters. The Kier molecular flexibility index (Phi) is 8.57. The monoisotopic (exact) mass is 619 g/mol. The molecule has 44 heavy (non-hydrogen) atoms. The molecule has 3 amide bonds. The van der Waals surface area contributed by atoms with Crippen LogP contribution in [-0.2, 0) is 28.7 Å². The molecule has 2 fully saturated rings. The molecule has 4 aliphatic rings. The zero-order valence-corrected chi connectivity index (χ0v) is 24.8. The van der Waals surface area contributed by atoms with Gasteiger partial charge in [0.1, 0.15) is 18.2 Å². The Morgan fingerprint density at radius 3 is 2.52 bits per heavy atom. The van der Waals surface area contributed by atoms with Crippen LogP contribution >= 0.6 is 11.6 Å². The molecule has 0 radical (unpaired) electrons. The number of benzene rings is 2. The predicted molar refractivity (Wildman–Crippen MR) is 161 cm³/mol. The Hall–Kier alpha value is -3.99. The number of carbonyl (C=O) groups is 4. The van der Waals surface area contributed by atoms with Crippen molar-refractivity contribution in [2.75, 3.05) is 31.2 Å². The fourth-order valence-corrected chi connectivity index (χ4v) is 6.87. The van der Waals surface area contributed by atoms with Gasteiger partial charge in [0.2, 0.25) is 11.8 Å². The van der Waals surface area contributed by atoms with E-state index in [1.807, 2.05) is 36.4 Å². The molecule has 10 nitrogen and oxygen atoms in total. The number of fused-ring (bicyclic) bond motifs is 2. The first kappa shape index (κ1) is 30.1. The number of amides is 3. The van der Waals surface area contributed by atoms with E-state index in [0.29, 0.717) is 17.1 Å². The highest BCUT2D eigenvalue weighted by atomic mass is 35.5. The molecule has 2 aromatic carbocycles. The lowest BCUT2D eigenvalue weighted by Gasteiger charge is -2.36. The van der Waals surface area contributed by atoms with Gasteiger partial charge in [0.25, 0.3) is 5.91 Å². The summed E-state index contributed by atoms with van der Waals surface area (Å²) in [7, 11) is 0. The van der Waals surface area contributed by atoms with E-state index >= 15 is 0 Å². The van der Waals surface area contributed by atoms with Crippen molar-refractivity contribution in [1.82, 2.24) is 10.2 Å². The number of aliphatic hydroxyl groups excluding tert-OH is 1. The van der Waals surface area contributed by atoms with Gasteiger partial charge in [-0.05, 0) is 42.7 Å². The van der Waals surface area contributed by atoms with Crippen LogP contribution in [0.1, 0.15) is 30.9 Å². The third kappa shape index (κ3) is 5.42. The van der Waals surface area contributed by atoms with Gasteiger partial charge in [-0.2, -0.15) is 0 Å². The third-order valence-electron chi connectivity index (χ3n) is 8.77. The molecular weight excluding hydrogens is 586 g/mol. The maximum absolute atomic E-state index is 14.6. The van der Waals surface area contributed by atoms with E-state index in [4.69, 9.17) is 21.1 Å². The van der Waals surface area contributed by atoms with Gasteiger partial charge in [-0.15, -0.1) is 0 Å². The van der Waals surface area contributed by atoms with Crippen LogP contribution in [0.15, 0.2) is 78.9 Å². The Morgan fingerprint density at radius 1 is 1.00 bits per heavy atom. The molecule has 4 aliphatic heterocycles. The number of cyclic esters (lactones) is 1. The molecule has 4 heterocycles. The van der Waals surface area contributed by atoms with E-state index in [0.717, 1.165) is 5.56 Å². The van der Waals surface area contributed by atoms with Crippen molar-refractivity contribution in [3.63, 3.8) is 0 Å². The number of carbonyl (C=O) groups excluding carboxylic acids is 4. The summed E-state index contributed by atoms with van der Waals surface area (Å²) in [5.41, 5.74) is -0.0602. The van der Waals surface area contributed by atoms with Gasteiger partial charge < -0.3 is 29.7 Å². The number of nitrogens with zero attached hydrogens (tertiary/aromatic N) is 2. The first-order chi connectivity index (χ1) is 21.3. The number of rotatable bonds is 5. The zero-order chi connectivity index (χ0) is 30.8. The quantitative estimate of drug-likeness (QED) is 0.389. The number of likely N-dealkylation sites (tertiary alicyclic amines) is 1. The highest BCUT2D eigenvalue weighted by Crippen LogP contribution is 2.55. The first-order valence-electron chi connectivity index (χ1n) is 14.9. The number of ether oxygens (including phenoxy) is 2. The van der Waals surface area contributed by atoms with Gasteiger partial charge in [0.05, 0.1) is 24.0 Å². The van der Waals surface area contributed by atoms with Crippen molar-refractivity contribution in [1.29, 1.82) is 0 Å². The summed E-state index contributed by atoms with van der Waals surface area (Å²) in [6, 6.07) is 14.3. The summed E-state index contributed by atoms with van der Waals surface area (Å²) >= 11 is 6.14. The van der Waals surface area contributed by atoms with Crippen LogP contribution in [0, 0.1) is 11.8 Å². The number of halogens is 1. The zero-order valence-electron chi connectivity index (χ0n) is 24.0. The number of aliphatic hydroxyl groups is 1. The highest BCUT2D eigenvalue weighted by Gasteiger charge is 2.73. The summed E-state index contributed by atoms with van der Waals surface area (Å²) in [5.74, 6) is -3.48. The number of esters is 1. The SMILES string of the molecule is O=C1CC/C=C\CN(c2ccc(Cl)cc2)C(=O)[C@@H]2N(CCCO)C(=O)[C@H]3[C@H](C(=O)N[C@H](c4ccccc4)CO1)[C@@H]1C=C[C@]23O1. The van der Waals surface area contributed by atoms with Crippen LogP contribution < -0.4 is 10.2 Å². The Bertz CT molecular complexity index is 1480. The summed E-state index contributed by atoms with van der Waals surface area (Å²) in [4.78, 5) is 58.5. The third-order valence-corrected chi connectivity index (χ3v) is 9.02. The number of hydrogen-bond donors (Lipinski definition) is 2. The Morgan fingerprint density at radius 2 is 1.77 bits per heavy atom. The average molecular weight is 620 g/mol. The Labute approximate surface area is 260 Å². The smallest absolute Gasteiger partial charge is 0.306 e. The van der Waals surface area contributed by atoms with Crippen molar-refractivity contribution in [2.45, 2.75) is 43.1 Å². The lowest BCUT2D eigenvalue weighted by Crippen LogP contribution is -2.56. The van der Waals surface area contributed by atoms with Gasteiger partial charge in [-0.3, -0.25) is 19.2 Å². The van der Waals surface area contributed by atoms with Crippen molar-refractivity contribution in [2.24, 2.45) is 11.8 Å². The van der Waals surface area contributed by atoms with Gasteiger partial charge in [0, 0.05) is 36.8 Å². The van der Waals surface area contributed by atoms with Crippen LogP contribution in [0.5, 0.6) is 0 Å². The van der Waals surface area contributed by atoms with Gasteiger partial charge in [-0.25, -0.2) is 0 Å². The molecule has 2 aromatic rings. The summed E-state index contributed by atoms with van der Waals surface area (Å²) < 4.78 is 12.0. The highest BCUT2D eigenvalue weighted by molar-refractivity contribution is 6.30. The normalized spacial score (nSPS) is 31.2. The van der Waals surface area contributed by atoms with Crippen LogP contribution in [0.4, 0.5) is 5.69 Å². The van der Waals surface area contributed by atoms with E-state index < -0.39 is 47.5 Å². The summed E-state index contributed by atoms with van der Waals surface area (Å²) in [6.07, 6.45) is 7.16. The largest absolute Gasteiger partial charge is 0.463 e. The molecule has 230 valence electrons. The molecule has 0 aromatic heterocycles. The van der Waals surface area contributed by atoms with E-state index in [9.17, 15) is 24.3 Å². The molecule has 2 N–H and O–H groups in total.